The van der Waals surface area contributed by atoms with Gasteiger partial charge in [-0.3, -0.25) is 0 Å². The molecule has 0 fully saturated rings. The second-order valence-corrected chi connectivity index (χ2v) is 6.45. The molecule has 1 nitrogen and oxygen atoms in total. The van der Waals surface area contributed by atoms with Crippen LogP contribution < -0.4 is 0 Å². The molecule has 1 heteroatoms. The number of hydrogen-bond donors (Lipinski definition) is 0. The summed E-state index contributed by atoms with van der Waals surface area (Å²) in [6, 6.07) is 0. The quantitative estimate of drug-likeness (QED) is 0.288. The molecule has 0 spiro atoms. The van der Waals surface area contributed by atoms with E-state index in [0.717, 1.165) is 4.48 Å². The van der Waals surface area contributed by atoms with E-state index in [4.69, 9.17) is 0 Å². The highest BCUT2D eigenvalue weighted by Gasteiger charge is 2.04. The SMILES string of the molecule is CCCCCCCCCCCCC=C[N+](C)(C)CC. The Morgan fingerprint density at radius 1 is 0.684 bits per heavy atom. The summed E-state index contributed by atoms with van der Waals surface area (Å²) >= 11 is 0. The number of allylic oxidation sites excluding steroid dienone is 1. The van der Waals surface area contributed by atoms with Crippen LogP contribution in [0.5, 0.6) is 0 Å². The van der Waals surface area contributed by atoms with E-state index in [9.17, 15) is 0 Å². The molecule has 0 aromatic rings. The predicted molar refractivity (Wildman–Crippen MR) is 88.3 cm³/mol. The summed E-state index contributed by atoms with van der Waals surface area (Å²) in [4.78, 5) is 0. The molecule has 19 heavy (non-hydrogen) atoms. The van der Waals surface area contributed by atoms with Crippen molar-refractivity contribution in [2.24, 2.45) is 0 Å². The Morgan fingerprint density at radius 3 is 1.63 bits per heavy atom. The summed E-state index contributed by atoms with van der Waals surface area (Å²) < 4.78 is 1.01. The Kier molecular flexibility index (Phi) is 12.5. The maximum atomic E-state index is 2.37. The first-order valence-corrected chi connectivity index (χ1v) is 8.62. The summed E-state index contributed by atoms with van der Waals surface area (Å²) in [5, 5.41) is 0. The van der Waals surface area contributed by atoms with Gasteiger partial charge in [0.1, 0.15) is 0 Å². The Bertz CT molecular complexity index is 206. The lowest BCUT2D eigenvalue weighted by molar-refractivity contribution is -0.836. The summed E-state index contributed by atoms with van der Waals surface area (Å²) in [6.07, 6.45) is 20.3. The Hall–Kier alpha value is -0.300. The standard InChI is InChI=1S/C18H38N/c1-5-7-8-9-10-11-12-13-14-15-16-17-18-19(3,4)6-2/h17-18H,5-16H2,1-4H3/q+1. The summed E-state index contributed by atoms with van der Waals surface area (Å²) in [5.74, 6) is 0. The molecule has 0 aromatic carbocycles. The number of rotatable bonds is 13. The molecule has 0 heterocycles. The van der Waals surface area contributed by atoms with Gasteiger partial charge in [-0.05, 0) is 25.8 Å². The van der Waals surface area contributed by atoms with Gasteiger partial charge in [-0.15, -0.1) is 0 Å². The molecule has 0 radical (unpaired) electrons. The van der Waals surface area contributed by atoms with Gasteiger partial charge in [0.15, 0.2) is 0 Å². The van der Waals surface area contributed by atoms with Gasteiger partial charge in [-0.1, -0.05) is 64.7 Å². The zero-order chi connectivity index (χ0) is 14.4. The topological polar surface area (TPSA) is 0 Å². The maximum Gasteiger partial charge on any atom is 0.0913 e. The monoisotopic (exact) mass is 268 g/mol. The number of quaternary nitrogens is 1. The van der Waals surface area contributed by atoms with Crippen LogP contribution in [-0.4, -0.2) is 25.1 Å². The molecule has 0 amide bonds. The minimum atomic E-state index is 1.01. The third-order valence-electron chi connectivity index (χ3n) is 4.05. The molecular weight excluding hydrogens is 230 g/mol. The number of hydrogen-bond acceptors (Lipinski definition) is 0. The molecule has 0 saturated heterocycles. The van der Waals surface area contributed by atoms with Crippen molar-refractivity contribution in [2.45, 2.75) is 84.5 Å². The Morgan fingerprint density at radius 2 is 1.16 bits per heavy atom. The molecule has 0 aliphatic heterocycles. The lowest BCUT2D eigenvalue weighted by atomic mass is 10.1. The minimum absolute atomic E-state index is 1.01. The second kappa shape index (κ2) is 12.7. The summed E-state index contributed by atoms with van der Waals surface area (Å²) in [7, 11) is 4.52. The van der Waals surface area contributed by atoms with E-state index in [1.165, 1.54) is 77.2 Å². The summed E-state index contributed by atoms with van der Waals surface area (Å²) in [5.41, 5.74) is 0. The minimum Gasteiger partial charge on any atom is -0.303 e. The lowest BCUT2D eigenvalue weighted by Crippen LogP contribution is -2.32. The van der Waals surface area contributed by atoms with Crippen LogP contribution in [0.1, 0.15) is 84.5 Å². The molecule has 0 rings (SSSR count). The van der Waals surface area contributed by atoms with Crippen molar-refractivity contribution >= 4 is 0 Å². The van der Waals surface area contributed by atoms with E-state index in [1.807, 2.05) is 0 Å². The van der Waals surface area contributed by atoms with E-state index in [1.54, 1.807) is 0 Å². The van der Waals surface area contributed by atoms with Gasteiger partial charge >= 0.3 is 0 Å². The van der Waals surface area contributed by atoms with Crippen LogP contribution >= 0.6 is 0 Å². The first-order valence-electron chi connectivity index (χ1n) is 8.62. The van der Waals surface area contributed by atoms with Crippen LogP contribution in [0.25, 0.3) is 0 Å². The fourth-order valence-electron chi connectivity index (χ4n) is 2.21. The van der Waals surface area contributed by atoms with Crippen molar-refractivity contribution in [1.29, 1.82) is 0 Å². The lowest BCUT2D eigenvalue weighted by Gasteiger charge is -2.22. The van der Waals surface area contributed by atoms with Gasteiger partial charge in [-0.2, -0.15) is 0 Å². The molecule has 0 unspecified atom stereocenters. The largest absolute Gasteiger partial charge is 0.303 e. The van der Waals surface area contributed by atoms with Crippen molar-refractivity contribution in [2.75, 3.05) is 20.6 Å². The van der Waals surface area contributed by atoms with Crippen LogP contribution in [-0.2, 0) is 0 Å². The Labute approximate surface area is 122 Å². The van der Waals surface area contributed by atoms with E-state index in [-0.39, 0.29) is 0 Å². The van der Waals surface area contributed by atoms with Gasteiger partial charge in [0.25, 0.3) is 0 Å². The van der Waals surface area contributed by atoms with Crippen molar-refractivity contribution in [3.05, 3.63) is 12.3 Å². The molecule has 0 aliphatic rings. The van der Waals surface area contributed by atoms with Gasteiger partial charge in [0.05, 0.1) is 26.8 Å². The molecule has 0 aromatic heterocycles. The van der Waals surface area contributed by atoms with Gasteiger partial charge < -0.3 is 4.48 Å². The van der Waals surface area contributed by atoms with Gasteiger partial charge in [0.2, 0.25) is 0 Å². The Balaban J connectivity index is 3.19. The van der Waals surface area contributed by atoms with Crippen molar-refractivity contribution < 1.29 is 4.48 Å². The highest BCUT2D eigenvalue weighted by Crippen LogP contribution is 2.11. The highest BCUT2D eigenvalue weighted by atomic mass is 15.3. The van der Waals surface area contributed by atoms with Gasteiger partial charge in [0, 0.05) is 0 Å². The van der Waals surface area contributed by atoms with Crippen molar-refractivity contribution in [1.82, 2.24) is 0 Å². The van der Waals surface area contributed by atoms with Crippen LogP contribution in [0.15, 0.2) is 12.3 Å². The normalized spacial score (nSPS) is 12.4. The first-order chi connectivity index (χ1) is 9.12. The van der Waals surface area contributed by atoms with E-state index >= 15 is 0 Å². The fraction of sp³-hybridized carbons (Fsp3) is 0.889. The molecule has 0 saturated carbocycles. The molecule has 0 N–H and O–H groups in total. The summed E-state index contributed by atoms with van der Waals surface area (Å²) in [6.45, 7) is 5.70. The van der Waals surface area contributed by atoms with Gasteiger partial charge in [-0.25, -0.2) is 0 Å². The van der Waals surface area contributed by atoms with Crippen LogP contribution in [0.3, 0.4) is 0 Å². The molecule has 114 valence electrons. The van der Waals surface area contributed by atoms with Crippen LogP contribution in [0.2, 0.25) is 0 Å². The van der Waals surface area contributed by atoms with Crippen molar-refractivity contribution in [3.8, 4) is 0 Å². The average molecular weight is 269 g/mol. The highest BCUT2D eigenvalue weighted by molar-refractivity contribution is 4.73. The van der Waals surface area contributed by atoms with Crippen LogP contribution in [0, 0.1) is 0 Å². The third-order valence-corrected chi connectivity index (χ3v) is 4.05. The first kappa shape index (κ1) is 18.7. The van der Waals surface area contributed by atoms with E-state index in [0.29, 0.717) is 0 Å². The van der Waals surface area contributed by atoms with E-state index < -0.39 is 0 Å². The number of nitrogens with zero attached hydrogens (tertiary/aromatic N) is 1. The van der Waals surface area contributed by atoms with Crippen LogP contribution in [0.4, 0.5) is 0 Å². The van der Waals surface area contributed by atoms with Crippen molar-refractivity contribution in [3.63, 3.8) is 0 Å². The zero-order valence-electron chi connectivity index (χ0n) is 14.1. The fourth-order valence-corrected chi connectivity index (χ4v) is 2.21. The third kappa shape index (κ3) is 13.9. The average Bonchev–Trinajstić information content (AvgIpc) is 2.40. The molecule has 0 atom stereocenters. The molecular formula is C18H38N+. The maximum absolute atomic E-state index is 2.37. The smallest absolute Gasteiger partial charge is 0.0913 e. The molecule has 0 aliphatic carbocycles. The number of unbranched alkanes of at least 4 members (excludes halogenated alkanes) is 10. The van der Waals surface area contributed by atoms with E-state index in [2.05, 4.69) is 40.2 Å². The predicted octanol–water partition coefficient (Wildman–Crippen LogP) is 5.91. The second-order valence-electron chi connectivity index (χ2n) is 6.45. The zero-order valence-corrected chi connectivity index (χ0v) is 14.1. The molecule has 0 bridgehead atoms.